The third-order valence-electron chi connectivity index (χ3n) is 3.14. The maximum Gasteiger partial charge on any atom is 0.120 e. The second-order valence-corrected chi connectivity index (χ2v) is 4.46. The van der Waals surface area contributed by atoms with Crippen molar-refractivity contribution in [2.45, 2.75) is 13.5 Å². The second kappa shape index (κ2) is 5.98. The lowest BCUT2D eigenvalue weighted by atomic mass is 10.1. The second-order valence-electron chi connectivity index (χ2n) is 4.46. The number of ether oxygens (including phenoxy) is 1. The minimum absolute atomic E-state index is 0.199. The molecular weight excluding hydrogens is 252 g/mol. The number of anilines is 1. The van der Waals surface area contributed by atoms with E-state index in [0.29, 0.717) is 17.9 Å². The van der Waals surface area contributed by atoms with Crippen LogP contribution in [0.4, 0.5) is 5.69 Å². The van der Waals surface area contributed by atoms with E-state index in [-0.39, 0.29) is 5.75 Å². The van der Waals surface area contributed by atoms with Crippen LogP contribution in [0.25, 0.3) is 0 Å². The zero-order valence-electron chi connectivity index (χ0n) is 11.5. The Balaban J connectivity index is 2.21. The molecule has 2 aromatic carbocycles. The number of aromatic hydroxyl groups is 1. The molecule has 0 atom stereocenters. The SMILES string of the molecule is COc1ccc(O)c(CNc2cccc(C)c2C#N)c1. The number of aryl methyl sites for hydroxylation is 1. The van der Waals surface area contributed by atoms with Crippen LogP contribution in [-0.4, -0.2) is 12.2 Å². The van der Waals surface area contributed by atoms with Crippen molar-refractivity contribution in [1.82, 2.24) is 0 Å². The van der Waals surface area contributed by atoms with Gasteiger partial charge < -0.3 is 15.2 Å². The van der Waals surface area contributed by atoms with Gasteiger partial charge in [-0.05, 0) is 36.8 Å². The van der Waals surface area contributed by atoms with E-state index in [1.807, 2.05) is 25.1 Å². The van der Waals surface area contributed by atoms with Crippen molar-refractivity contribution in [3.8, 4) is 17.6 Å². The molecule has 0 spiro atoms. The molecule has 0 aliphatic carbocycles. The number of hydrogen-bond acceptors (Lipinski definition) is 4. The molecule has 20 heavy (non-hydrogen) atoms. The van der Waals surface area contributed by atoms with Gasteiger partial charge in [0, 0.05) is 12.1 Å². The Morgan fingerprint density at radius 2 is 2.10 bits per heavy atom. The van der Waals surface area contributed by atoms with Crippen molar-refractivity contribution in [2.24, 2.45) is 0 Å². The molecular formula is C16H16N2O2. The molecule has 4 nitrogen and oxygen atoms in total. The van der Waals surface area contributed by atoms with E-state index < -0.39 is 0 Å². The van der Waals surface area contributed by atoms with Crippen molar-refractivity contribution < 1.29 is 9.84 Å². The summed E-state index contributed by atoms with van der Waals surface area (Å²) < 4.78 is 5.13. The van der Waals surface area contributed by atoms with Crippen molar-refractivity contribution in [3.05, 3.63) is 53.1 Å². The lowest BCUT2D eigenvalue weighted by Crippen LogP contribution is -2.02. The Morgan fingerprint density at radius 1 is 1.30 bits per heavy atom. The predicted molar refractivity (Wildman–Crippen MR) is 77.9 cm³/mol. The van der Waals surface area contributed by atoms with Crippen LogP contribution in [0, 0.1) is 18.3 Å². The van der Waals surface area contributed by atoms with Gasteiger partial charge in [0.15, 0.2) is 0 Å². The molecule has 0 aliphatic rings. The Labute approximate surface area is 118 Å². The van der Waals surface area contributed by atoms with Gasteiger partial charge >= 0.3 is 0 Å². The third-order valence-corrected chi connectivity index (χ3v) is 3.14. The Bertz CT molecular complexity index is 660. The number of nitrogens with zero attached hydrogens (tertiary/aromatic N) is 1. The van der Waals surface area contributed by atoms with Gasteiger partial charge in [-0.3, -0.25) is 0 Å². The number of nitriles is 1. The summed E-state index contributed by atoms with van der Waals surface area (Å²) >= 11 is 0. The highest BCUT2D eigenvalue weighted by atomic mass is 16.5. The van der Waals surface area contributed by atoms with Gasteiger partial charge in [0.05, 0.1) is 18.4 Å². The van der Waals surface area contributed by atoms with Gasteiger partial charge in [-0.1, -0.05) is 12.1 Å². The molecule has 0 aromatic heterocycles. The first-order valence-corrected chi connectivity index (χ1v) is 6.25. The molecule has 4 heteroatoms. The topological polar surface area (TPSA) is 65.3 Å². The number of methoxy groups -OCH3 is 1. The molecule has 0 saturated carbocycles. The summed E-state index contributed by atoms with van der Waals surface area (Å²) in [6.07, 6.45) is 0. The van der Waals surface area contributed by atoms with E-state index in [1.54, 1.807) is 25.3 Å². The minimum atomic E-state index is 0.199. The van der Waals surface area contributed by atoms with Gasteiger partial charge in [-0.15, -0.1) is 0 Å². The Hall–Kier alpha value is -2.67. The summed E-state index contributed by atoms with van der Waals surface area (Å²) in [7, 11) is 1.58. The number of phenolic OH excluding ortho intramolecular Hbond substituents is 1. The summed E-state index contributed by atoms with van der Waals surface area (Å²) in [5, 5.41) is 22.2. The van der Waals surface area contributed by atoms with E-state index in [2.05, 4.69) is 11.4 Å². The Morgan fingerprint density at radius 3 is 2.80 bits per heavy atom. The number of hydrogen-bond donors (Lipinski definition) is 2. The minimum Gasteiger partial charge on any atom is -0.508 e. The fourth-order valence-electron chi connectivity index (χ4n) is 1.98. The van der Waals surface area contributed by atoms with Crippen LogP contribution in [-0.2, 0) is 6.54 Å². The quantitative estimate of drug-likeness (QED) is 0.893. The molecule has 0 amide bonds. The summed E-state index contributed by atoms with van der Waals surface area (Å²) in [5.74, 6) is 0.883. The van der Waals surface area contributed by atoms with Crippen LogP contribution < -0.4 is 10.1 Å². The molecule has 2 aromatic rings. The number of phenols is 1. The zero-order chi connectivity index (χ0) is 14.5. The maximum atomic E-state index is 9.83. The van der Waals surface area contributed by atoms with Crippen LogP contribution in [0.2, 0.25) is 0 Å². The first-order chi connectivity index (χ1) is 9.65. The van der Waals surface area contributed by atoms with E-state index >= 15 is 0 Å². The fourth-order valence-corrected chi connectivity index (χ4v) is 1.98. The summed E-state index contributed by atoms with van der Waals surface area (Å²) in [4.78, 5) is 0. The van der Waals surface area contributed by atoms with Gasteiger partial charge in [-0.2, -0.15) is 5.26 Å². The molecule has 0 aliphatic heterocycles. The smallest absolute Gasteiger partial charge is 0.120 e. The van der Waals surface area contributed by atoms with E-state index in [1.165, 1.54) is 0 Å². The third kappa shape index (κ3) is 2.83. The highest BCUT2D eigenvalue weighted by molar-refractivity contribution is 5.61. The number of rotatable bonds is 4. The van der Waals surface area contributed by atoms with E-state index in [4.69, 9.17) is 4.74 Å². The first kappa shape index (κ1) is 13.8. The zero-order valence-corrected chi connectivity index (χ0v) is 11.5. The highest BCUT2D eigenvalue weighted by Gasteiger charge is 2.07. The normalized spacial score (nSPS) is 9.85. The summed E-state index contributed by atoms with van der Waals surface area (Å²) in [6, 6.07) is 12.9. The lowest BCUT2D eigenvalue weighted by molar-refractivity contribution is 0.411. The highest BCUT2D eigenvalue weighted by Crippen LogP contribution is 2.25. The van der Waals surface area contributed by atoms with Crippen molar-refractivity contribution in [1.29, 1.82) is 5.26 Å². The molecule has 0 heterocycles. The molecule has 0 unspecified atom stereocenters. The molecule has 0 bridgehead atoms. The number of nitrogens with one attached hydrogen (secondary N) is 1. The van der Waals surface area contributed by atoms with E-state index in [0.717, 1.165) is 16.8 Å². The molecule has 0 radical (unpaired) electrons. The first-order valence-electron chi connectivity index (χ1n) is 6.25. The van der Waals surface area contributed by atoms with Crippen LogP contribution >= 0.6 is 0 Å². The van der Waals surface area contributed by atoms with Crippen LogP contribution in [0.5, 0.6) is 11.5 Å². The molecule has 2 N–H and O–H groups in total. The fraction of sp³-hybridized carbons (Fsp3) is 0.188. The van der Waals surface area contributed by atoms with Crippen LogP contribution in [0.3, 0.4) is 0 Å². The van der Waals surface area contributed by atoms with Gasteiger partial charge in [0.2, 0.25) is 0 Å². The largest absolute Gasteiger partial charge is 0.508 e. The predicted octanol–water partition coefficient (Wildman–Crippen LogP) is 3.19. The van der Waals surface area contributed by atoms with Gasteiger partial charge in [0.25, 0.3) is 0 Å². The molecule has 0 fully saturated rings. The van der Waals surface area contributed by atoms with Crippen LogP contribution in [0.1, 0.15) is 16.7 Å². The monoisotopic (exact) mass is 268 g/mol. The summed E-state index contributed by atoms with van der Waals surface area (Å²) in [5.41, 5.74) is 3.02. The van der Waals surface area contributed by atoms with Crippen molar-refractivity contribution >= 4 is 5.69 Å². The molecule has 2 rings (SSSR count). The average molecular weight is 268 g/mol. The van der Waals surface area contributed by atoms with Crippen molar-refractivity contribution in [3.63, 3.8) is 0 Å². The van der Waals surface area contributed by atoms with E-state index in [9.17, 15) is 10.4 Å². The van der Waals surface area contributed by atoms with Gasteiger partial charge in [-0.25, -0.2) is 0 Å². The Kier molecular flexibility index (Phi) is 4.11. The van der Waals surface area contributed by atoms with Crippen LogP contribution in [0.15, 0.2) is 36.4 Å². The number of benzene rings is 2. The molecule has 0 saturated heterocycles. The average Bonchev–Trinajstić information content (AvgIpc) is 2.46. The van der Waals surface area contributed by atoms with Gasteiger partial charge in [0.1, 0.15) is 17.6 Å². The standard InChI is InChI=1S/C16H16N2O2/c1-11-4-3-5-15(14(11)9-17)18-10-12-8-13(20-2)6-7-16(12)19/h3-8,18-19H,10H2,1-2H3. The molecule has 102 valence electrons. The lowest BCUT2D eigenvalue weighted by Gasteiger charge is -2.12. The summed E-state index contributed by atoms with van der Waals surface area (Å²) in [6.45, 7) is 2.31. The maximum absolute atomic E-state index is 9.83. The van der Waals surface area contributed by atoms with Crippen molar-refractivity contribution in [2.75, 3.05) is 12.4 Å².